The molecule has 0 aliphatic heterocycles. The zero-order chi connectivity index (χ0) is 43.6. The van der Waals surface area contributed by atoms with Gasteiger partial charge in [-0.3, -0.25) is 0 Å². The molecule has 0 unspecified atom stereocenters. The fourth-order valence-electron chi connectivity index (χ4n) is 10.7. The van der Waals surface area contributed by atoms with Crippen LogP contribution in [0.25, 0.3) is 104 Å². The number of aromatic nitrogens is 1. The van der Waals surface area contributed by atoms with Crippen molar-refractivity contribution >= 4 is 82.0 Å². The summed E-state index contributed by atoms with van der Waals surface area (Å²) in [7, 11) is 0. The van der Waals surface area contributed by atoms with Crippen molar-refractivity contribution in [1.29, 1.82) is 0 Å². The summed E-state index contributed by atoms with van der Waals surface area (Å²) in [6, 6.07) is 93.3. The van der Waals surface area contributed by atoms with E-state index < -0.39 is 0 Å². The quantitative estimate of drug-likeness (QED) is 0.145. The lowest BCUT2D eigenvalue weighted by Crippen LogP contribution is -2.10. The lowest BCUT2D eigenvalue weighted by atomic mass is 9.86. The van der Waals surface area contributed by atoms with Crippen molar-refractivity contribution in [3.8, 4) is 39.1 Å². The van der Waals surface area contributed by atoms with E-state index in [1.807, 2.05) is 0 Å². The first-order valence-corrected chi connectivity index (χ1v) is 22.8. The van der Waals surface area contributed by atoms with Gasteiger partial charge in [0.2, 0.25) is 0 Å². The monoisotopic (exact) mass is 838 g/mol. The molecule has 0 atom stereocenters. The predicted molar refractivity (Wildman–Crippen MR) is 282 cm³/mol. The first-order valence-electron chi connectivity index (χ1n) is 22.8. The first kappa shape index (κ1) is 37.8. The van der Waals surface area contributed by atoms with Gasteiger partial charge in [0, 0.05) is 33.2 Å². The maximum atomic E-state index is 2.46. The Morgan fingerprint density at radius 3 is 1.44 bits per heavy atom. The number of para-hydroxylation sites is 2. The summed E-state index contributed by atoms with van der Waals surface area (Å²) in [5.74, 6) is 0. The van der Waals surface area contributed by atoms with E-state index >= 15 is 0 Å². The highest BCUT2D eigenvalue weighted by molar-refractivity contribution is 6.21. The third kappa shape index (κ3) is 6.04. The molecule has 2 heteroatoms. The van der Waals surface area contributed by atoms with Crippen LogP contribution in [0.2, 0.25) is 0 Å². The van der Waals surface area contributed by atoms with E-state index in [1.54, 1.807) is 0 Å². The number of benzene rings is 12. The van der Waals surface area contributed by atoms with Gasteiger partial charge in [0.15, 0.2) is 0 Å². The number of anilines is 3. The van der Waals surface area contributed by atoms with Gasteiger partial charge < -0.3 is 9.47 Å². The largest absolute Gasteiger partial charge is 0.310 e. The van der Waals surface area contributed by atoms with Crippen molar-refractivity contribution in [1.82, 2.24) is 4.57 Å². The van der Waals surface area contributed by atoms with Crippen molar-refractivity contribution in [3.63, 3.8) is 0 Å². The van der Waals surface area contributed by atoms with Crippen LogP contribution in [0.3, 0.4) is 0 Å². The van der Waals surface area contributed by atoms with Crippen LogP contribution >= 0.6 is 0 Å². The summed E-state index contributed by atoms with van der Waals surface area (Å²) >= 11 is 0. The molecule has 1 aromatic heterocycles. The summed E-state index contributed by atoms with van der Waals surface area (Å²) in [5.41, 5.74) is 14.2. The van der Waals surface area contributed by atoms with Gasteiger partial charge in [0.1, 0.15) is 0 Å². The van der Waals surface area contributed by atoms with Crippen LogP contribution in [-0.4, -0.2) is 4.57 Å². The molecule has 12 aromatic carbocycles. The van der Waals surface area contributed by atoms with Crippen LogP contribution in [0.4, 0.5) is 17.1 Å². The first-order chi connectivity index (χ1) is 32.8. The minimum Gasteiger partial charge on any atom is -0.310 e. The van der Waals surface area contributed by atoms with Gasteiger partial charge in [-0.05, 0) is 126 Å². The Labute approximate surface area is 383 Å². The molecule has 2 nitrogen and oxygen atoms in total. The lowest BCUT2D eigenvalue weighted by molar-refractivity contribution is 1.18. The molecule has 0 amide bonds. The minimum atomic E-state index is 1.09. The Kier molecular flexibility index (Phi) is 8.89. The van der Waals surface area contributed by atoms with Crippen molar-refractivity contribution in [3.05, 3.63) is 255 Å². The van der Waals surface area contributed by atoms with E-state index in [9.17, 15) is 0 Å². The van der Waals surface area contributed by atoms with Crippen LogP contribution in [0.15, 0.2) is 255 Å². The zero-order valence-corrected chi connectivity index (χ0v) is 36.1. The van der Waals surface area contributed by atoms with E-state index in [2.05, 4.69) is 264 Å². The summed E-state index contributed by atoms with van der Waals surface area (Å²) in [6.45, 7) is 0. The van der Waals surface area contributed by atoms with E-state index in [0.29, 0.717) is 0 Å². The molecule has 0 radical (unpaired) electrons. The Morgan fingerprint density at radius 2 is 0.758 bits per heavy atom. The second kappa shape index (κ2) is 15.5. The number of hydrogen-bond donors (Lipinski definition) is 0. The van der Waals surface area contributed by atoms with Gasteiger partial charge in [-0.25, -0.2) is 0 Å². The molecule has 308 valence electrons. The molecule has 0 fully saturated rings. The third-order valence-corrected chi connectivity index (χ3v) is 13.6. The van der Waals surface area contributed by atoms with E-state index in [-0.39, 0.29) is 0 Å². The molecular formula is C64H42N2. The molecule has 0 aliphatic rings. The average Bonchev–Trinajstić information content (AvgIpc) is 3.72. The van der Waals surface area contributed by atoms with Gasteiger partial charge in [-0.15, -0.1) is 0 Å². The molecule has 13 rings (SSSR count). The molecule has 66 heavy (non-hydrogen) atoms. The highest BCUT2D eigenvalue weighted by Gasteiger charge is 2.22. The van der Waals surface area contributed by atoms with E-state index in [1.165, 1.54) is 98.3 Å². The molecule has 0 saturated heterocycles. The van der Waals surface area contributed by atoms with Crippen molar-refractivity contribution < 1.29 is 0 Å². The molecule has 1 heterocycles. The van der Waals surface area contributed by atoms with Crippen molar-refractivity contribution in [2.24, 2.45) is 0 Å². The zero-order valence-electron chi connectivity index (χ0n) is 36.1. The Hall–Kier alpha value is -8.72. The van der Waals surface area contributed by atoms with Crippen LogP contribution in [-0.2, 0) is 0 Å². The second-order valence-electron chi connectivity index (χ2n) is 17.2. The van der Waals surface area contributed by atoms with Gasteiger partial charge in [-0.1, -0.05) is 200 Å². The van der Waals surface area contributed by atoms with Crippen molar-refractivity contribution in [2.75, 3.05) is 4.90 Å². The average molecular weight is 839 g/mol. The maximum absolute atomic E-state index is 2.46. The van der Waals surface area contributed by atoms with E-state index in [0.717, 1.165) is 22.7 Å². The lowest BCUT2D eigenvalue weighted by Gasteiger charge is -2.28. The van der Waals surface area contributed by atoms with Crippen LogP contribution < -0.4 is 4.90 Å². The smallest absolute Gasteiger partial charge is 0.0542 e. The molecule has 13 aromatic rings. The fourth-order valence-corrected chi connectivity index (χ4v) is 10.7. The maximum Gasteiger partial charge on any atom is 0.0542 e. The van der Waals surface area contributed by atoms with Gasteiger partial charge in [0.25, 0.3) is 0 Å². The standard InChI is InChI=1S/C64H42N2/c1-3-19-44(20-4-1)63-55-28-11-13-30-57(55)64(58-31-14-12-29-56(58)63)45-34-36-47(37-35-45)65(48-38-40-62-59(42-48)54-27-15-16-33-60(54)66(62)46-22-5-2-6-23-46)61-41-39-52(51-25-9-10-26-53(51)61)50-32-17-21-43-18-7-8-24-49(43)50/h1-42H. The third-order valence-electron chi connectivity index (χ3n) is 13.6. The van der Waals surface area contributed by atoms with Gasteiger partial charge in [-0.2, -0.15) is 0 Å². The Balaban J connectivity index is 1.04. The topological polar surface area (TPSA) is 8.17 Å². The van der Waals surface area contributed by atoms with Crippen LogP contribution in [0.1, 0.15) is 0 Å². The van der Waals surface area contributed by atoms with Crippen molar-refractivity contribution in [2.45, 2.75) is 0 Å². The van der Waals surface area contributed by atoms with Crippen LogP contribution in [0, 0.1) is 0 Å². The number of fused-ring (bicyclic) bond motifs is 7. The summed E-state index contributed by atoms with van der Waals surface area (Å²) in [4.78, 5) is 2.46. The highest BCUT2D eigenvalue weighted by Crippen LogP contribution is 2.47. The molecule has 0 bridgehead atoms. The molecule has 0 aliphatic carbocycles. The van der Waals surface area contributed by atoms with E-state index in [4.69, 9.17) is 0 Å². The fraction of sp³-hybridized carbons (Fsp3) is 0. The Bertz CT molecular complexity index is 3920. The number of nitrogens with zero attached hydrogens (tertiary/aromatic N) is 2. The number of rotatable bonds is 7. The summed E-state index contributed by atoms with van der Waals surface area (Å²) in [5, 5.41) is 12.3. The SMILES string of the molecule is c1ccc(-c2c3ccccc3c(-c3ccc(N(c4ccc5c(c4)c4ccccc4n5-c4ccccc4)c4ccc(-c5cccc6ccccc56)c5ccccc45)cc3)c3ccccc23)cc1. The normalized spacial score (nSPS) is 11.6. The predicted octanol–water partition coefficient (Wildman–Crippen LogP) is 17.9. The van der Waals surface area contributed by atoms with Gasteiger partial charge >= 0.3 is 0 Å². The Morgan fingerprint density at radius 1 is 0.273 bits per heavy atom. The summed E-state index contributed by atoms with van der Waals surface area (Å²) in [6.07, 6.45) is 0. The second-order valence-corrected chi connectivity index (χ2v) is 17.2. The highest BCUT2D eigenvalue weighted by atomic mass is 15.1. The summed E-state index contributed by atoms with van der Waals surface area (Å²) < 4.78 is 2.39. The molecule has 0 spiro atoms. The van der Waals surface area contributed by atoms with Crippen LogP contribution in [0.5, 0.6) is 0 Å². The van der Waals surface area contributed by atoms with Gasteiger partial charge in [0.05, 0.1) is 16.7 Å². The molecular weight excluding hydrogens is 797 g/mol. The molecule has 0 N–H and O–H groups in total. The number of hydrogen-bond acceptors (Lipinski definition) is 1. The molecule has 0 saturated carbocycles. The minimum absolute atomic E-state index is 1.09.